The molecule has 0 spiro atoms. The van der Waals surface area contributed by atoms with Crippen molar-refractivity contribution in [2.75, 3.05) is 32.4 Å². The maximum absolute atomic E-state index is 11.9. The van der Waals surface area contributed by atoms with Gasteiger partial charge in [0.05, 0.1) is 11.7 Å². The lowest BCUT2D eigenvalue weighted by Gasteiger charge is -2.24. The van der Waals surface area contributed by atoms with Gasteiger partial charge in [-0.05, 0) is 13.0 Å². The predicted molar refractivity (Wildman–Crippen MR) is 90.7 cm³/mol. The summed E-state index contributed by atoms with van der Waals surface area (Å²) >= 11 is 0. The summed E-state index contributed by atoms with van der Waals surface area (Å²) in [6, 6.07) is 1.83. The largest absolute Gasteiger partial charge is 0.481 e. The number of aliphatic carboxylic acids is 1. The average Bonchev–Trinajstić information content (AvgIpc) is 3.10. The second-order valence-corrected chi connectivity index (χ2v) is 9.25. The molecule has 3 heterocycles. The topological polar surface area (TPSA) is 99.9 Å². The Labute approximate surface area is 147 Å². The highest BCUT2D eigenvalue weighted by atomic mass is 32.2. The van der Waals surface area contributed by atoms with E-state index in [2.05, 4.69) is 0 Å². The third-order valence-corrected chi connectivity index (χ3v) is 6.66. The number of likely N-dealkylation sites (tertiary alicyclic amines) is 1. The lowest BCUT2D eigenvalue weighted by molar-refractivity contribution is -0.148. The lowest BCUT2D eigenvalue weighted by Crippen LogP contribution is -2.41. The molecule has 1 aromatic heterocycles. The van der Waals surface area contributed by atoms with E-state index in [4.69, 9.17) is 0 Å². The van der Waals surface area contributed by atoms with Crippen LogP contribution in [0.25, 0.3) is 0 Å². The number of hydrogen-bond donors (Lipinski definition) is 1. The molecular weight excluding hydrogens is 346 g/mol. The van der Waals surface area contributed by atoms with Crippen LogP contribution in [-0.4, -0.2) is 71.5 Å². The number of hydrogen-bond acceptors (Lipinski definition) is 5. The third kappa shape index (κ3) is 3.11. The van der Waals surface area contributed by atoms with Crippen LogP contribution in [0.4, 0.5) is 0 Å². The molecule has 138 valence electrons. The second-order valence-electron chi connectivity index (χ2n) is 7.27. The van der Waals surface area contributed by atoms with E-state index < -0.39 is 21.4 Å². The average molecular weight is 369 g/mol. The van der Waals surface area contributed by atoms with Crippen molar-refractivity contribution in [3.63, 3.8) is 0 Å². The van der Waals surface area contributed by atoms with Crippen LogP contribution in [0.5, 0.6) is 0 Å². The van der Waals surface area contributed by atoms with Gasteiger partial charge in [-0.3, -0.25) is 14.5 Å². The van der Waals surface area contributed by atoms with Gasteiger partial charge in [-0.1, -0.05) is 0 Å². The standard InChI is InChI=1S/C16H23N3O5S/c1-11(20)12-4-14(17(2)5-12)8-18-6-13-7-19(25(3,23)24)10-16(13,9-18)15(21)22/h4-5,13H,6-10H2,1-3H3,(H,21,22)/t13-,16-/m0/s1. The maximum Gasteiger partial charge on any atom is 0.312 e. The number of sulfonamides is 1. The molecule has 8 nitrogen and oxygen atoms in total. The molecule has 0 bridgehead atoms. The molecule has 2 atom stereocenters. The van der Waals surface area contributed by atoms with Gasteiger partial charge < -0.3 is 9.67 Å². The molecule has 0 radical (unpaired) electrons. The van der Waals surface area contributed by atoms with E-state index >= 15 is 0 Å². The van der Waals surface area contributed by atoms with Crippen LogP contribution in [0.1, 0.15) is 23.0 Å². The smallest absolute Gasteiger partial charge is 0.312 e. The molecule has 2 saturated heterocycles. The number of Topliss-reactive ketones (excluding diaryl/α,β-unsaturated/α-hetero) is 1. The molecule has 9 heteroatoms. The van der Waals surface area contributed by atoms with Crippen molar-refractivity contribution >= 4 is 21.8 Å². The number of nitrogens with zero attached hydrogens (tertiary/aromatic N) is 3. The van der Waals surface area contributed by atoms with Gasteiger partial charge in [0.1, 0.15) is 0 Å². The van der Waals surface area contributed by atoms with Crippen LogP contribution < -0.4 is 0 Å². The Morgan fingerprint density at radius 1 is 1.32 bits per heavy atom. The lowest BCUT2D eigenvalue weighted by atomic mass is 9.81. The molecule has 2 aliphatic rings. The van der Waals surface area contributed by atoms with Gasteiger partial charge in [-0.15, -0.1) is 0 Å². The first-order chi connectivity index (χ1) is 11.5. The third-order valence-electron chi connectivity index (χ3n) is 5.44. The molecule has 0 aromatic carbocycles. The fraction of sp³-hybridized carbons (Fsp3) is 0.625. The minimum Gasteiger partial charge on any atom is -0.481 e. The van der Waals surface area contributed by atoms with E-state index in [9.17, 15) is 23.1 Å². The summed E-state index contributed by atoms with van der Waals surface area (Å²) in [7, 11) is -1.54. The summed E-state index contributed by atoms with van der Waals surface area (Å²) in [5, 5.41) is 9.78. The molecule has 0 amide bonds. The molecular formula is C16H23N3O5S. The fourth-order valence-electron chi connectivity index (χ4n) is 3.99. The van der Waals surface area contributed by atoms with Gasteiger partial charge in [-0.2, -0.15) is 0 Å². The number of carbonyl (C=O) groups is 2. The Balaban J connectivity index is 1.79. The molecule has 25 heavy (non-hydrogen) atoms. The van der Waals surface area contributed by atoms with E-state index in [0.29, 0.717) is 25.2 Å². The molecule has 3 rings (SSSR count). The number of rotatable bonds is 5. The van der Waals surface area contributed by atoms with E-state index in [0.717, 1.165) is 11.9 Å². The van der Waals surface area contributed by atoms with Crippen LogP contribution in [0.2, 0.25) is 0 Å². The highest BCUT2D eigenvalue weighted by molar-refractivity contribution is 7.88. The first kappa shape index (κ1) is 18.1. The van der Waals surface area contributed by atoms with E-state index in [1.807, 2.05) is 22.6 Å². The summed E-state index contributed by atoms with van der Waals surface area (Å²) in [5.74, 6) is -1.18. The molecule has 2 fully saturated rings. The van der Waals surface area contributed by atoms with Crippen molar-refractivity contribution in [3.05, 3.63) is 23.5 Å². The summed E-state index contributed by atoms with van der Waals surface area (Å²) in [5.41, 5.74) is 0.510. The minimum atomic E-state index is -3.40. The summed E-state index contributed by atoms with van der Waals surface area (Å²) in [6.07, 6.45) is 2.89. The number of ketones is 1. The van der Waals surface area contributed by atoms with Crippen molar-refractivity contribution in [3.8, 4) is 0 Å². The first-order valence-corrected chi connectivity index (χ1v) is 9.95. The van der Waals surface area contributed by atoms with Gasteiger partial charge in [-0.25, -0.2) is 12.7 Å². The molecule has 1 aromatic rings. The fourth-order valence-corrected chi connectivity index (χ4v) is 4.90. The molecule has 0 saturated carbocycles. The first-order valence-electron chi connectivity index (χ1n) is 8.10. The van der Waals surface area contributed by atoms with Gasteiger partial charge >= 0.3 is 5.97 Å². The summed E-state index contributed by atoms with van der Waals surface area (Å²) < 4.78 is 26.7. The summed E-state index contributed by atoms with van der Waals surface area (Å²) in [6.45, 7) is 3.15. The van der Waals surface area contributed by atoms with E-state index in [1.54, 1.807) is 6.20 Å². The number of fused-ring (bicyclic) bond motifs is 1. The van der Waals surface area contributed by atoms with Crippen molar-refractivity contribution in [2.24, 2.45) is 18.4 Å². The Bertz CT molecular complexity index is 831. The number of carboxylic acids is 1. The van der Waals surface area contributed by atoms with Crippen LogP contribution in [-0.2, 0) is 28.4 Å². The number of aryl methyl sites for hydroxylation is 1. The second kappa shape index (κ2) is 5.93. The normalized spacial score (nSPS) is 27.6. The predicted octanol–water partition coefficient (Wildman–Crippen LogP) is 0.00570. The van der Waals surface area contributed by atoms with Gasteiger partial charge in [0.15, 0.2) is 5.78 Å². The van der Waals surface area contributed by atoms with Crippen molar-refractivity contribution in [1.82, 2.24) is 13.8 Å². The Kier molecular flexibility index (Phi) is 4.29. The minimum absolute atomic E-state index is 0.00839. The highest BCUT2D eigenvalue weighted by Gasteiger charge is 2.59. The van der Waals surface area contributed by atoms with Crippen molar-refractivity contribution in [2.45, 2.75) is 13.5 Å². The summed E-state index contributed by atoms with van der Waals surface area (Å²) in [4.78, 5) is 25.5. The van der Waals surface area contributed by atoms with Crippen LogP contribution in [0.15, 0.2) is 12.3 Å². The monoisotopic (exact) mass is 369 g/mol. The zero-order valence-corrected chi connectivity index (χ0v) is 15.4. The molecule has 2 aliphatic heterocycles. The van der Waals surface area contributed by atoms with Gasteiger partial charge in [0, 0.05) is 63.1 Å². The number of aromatic nitrogens is 1. The zero-order valence-electron chi connectivity index (χ0n) is 14.6. The number of carbonyl (C=O) groups excluding carboxylic acids is 1. The quantitative estimate of drug-likeness (QED) is 0.734. The van der Waals surface area contributed by atoms with Crippen LogP contribution >= 0.6 is 0 Å². The number of carboxylic acid groups (broad SMARTS) is 1. The van der Waals surface area contributed by atoms with Crippen LogP contribution in [0, 0.1) is 11.3 Å². The molecule has 0 aliphatic carbocycles. The Morgan fingerprint density at radius 2 is 2.00 bits per heavy atom. The molecule has 1 N–H and O–H groups in total. The highest BCUT2D eigenvalue weighted by Crippen LogP contribution is 2.44. The maximum atomic E-state index is 11.9. The van der Waals surface area contributed by atoms with E-state index in [-0.39, 0.29) is 24.8 Å². The van der Waals surface area contributed by atoms with Gasteiger partial charge in [0.25, 0.3) is 0 Å². The van der Waals surface area contributed by atoms with Crippen molar-refractivity contribution < 1.29 is 23.1 Å². The Morgan fingerprint density at radius 3 is 2.48 bits per heavy atom. The van der Waals surface area contributed by atoms with Crippen LogP contribution in [0.3, 0.4) is 0 Å². The molecule has 0 unspecified atom stereocenters. The Hall–Kier alpha value is -1.71. The van der Waals surface area contributed by atoms with Gasteiger partial charge in [0.2, 0.25) is 10.0 Å². The SMILES string of the molecule is CC(=O)c1cc(CN2C[C@H]3CN(S(C)(=O)=O)C[C@@]3(C(=O)O)C2)n(C)c1. The zero-order chi connectivity index (χ0) is 18.6. The van der Waals surface area contributed by atoms with Crippen molar-refractivity contribution in [1.29, 1.82) is 0 Å². The van der Waals surface area contributed by atoms with E-state index in [1.165, 1.54) is 11.2 Å².